The van der Waals surface area contributed by atoms with Crippen molar-refractivity contribution < 1.29 is 21.6 Å². The zero-order chi connectivity index (χ0) is 15.0. The SMILES string of the molecule is NS(=O)(=O)C1C=CC=CC1(C1CCNCC1)C(F)(F)F. The standard InChI is InChI=1S/C12H17F3N2O2S/c13-12(14,15)11(9-4-7-17-8-5-9)6-2-1-3-10(11)20(16,18)19/h1-3,6,9-10,17H,4-5,7-8H2,(H2,16,18,19). The number of primary sulfonamides is 1. The molecule has 0 aromatic heterocycles. The first-order valence-electron chi connectivity index (χ1n) is 6.34. The minimum absolute atomic E-state index is 0.268. The first-order chi connectivity index (χ1) is 9.19. The molecule has 1 heterocycles. The first kappa shape index (κ1) is 15.5. The zero-order valence-corrected chi connectivity index (χ0v) is 11.5. The molecule has 0 aromatic rings. The molecule has 1 saturated heterocycles. The maximum Gasteiger partial charge on any atom is 0.399 e. The van der Waals surface area contributed by atoms with Gasteiger partial charge in [0.2, 0.25) is 10.0 Å². The smallest absolute Gasteiger partial charge is 0.317 e. The van der Waals surface area contributed by atoms with Crippen LogP contribution in [0.15, 0.2) is 24.3 Å². The largest absolute Gasteiger partial charge is 0.399 e. The summed E-state index contributed by atoms with van der Waals surface area (Å²) in [6, 6.07) is 0. The molecule has 20 heavy (non-hydrogen) atoms. The van der Waals surface area contributed by atoms with E-state index in [1.165, 1.54) is 12.2 Å². The van der Waals surface area contributed by atoms with Crippen molar-refractivity contribution in [3.05, 3.63) is 24.3 Å². The molecule has 4 nitrogen and oxygen atoms in total. The average Bonchev–Trinajstić information content (AvgIpc) is 2.37. The summed E-state index contributed by atoms with van der Waals surface area (Å²) in [7, 11) is -4.34. The lowest BCUT2D eigenvalue weighted by atomic mass is 9.66. The van der Waals surface area contributed by atoms with Crippen LogP contribution in [0.1, 0.15) is 12.8 Å². The summed E-state index contributed by atoms with van der Waals surface area (Å²) in [5.74, 6) is -0.798. The lowest BCUT2D eigenvalue weighted by Gasteiger charge is -2.46. The Labute approximate surface area is 116 Å². The Morgan fingerprint density at radius 2 is 1.80 bits per heavy atom. The second-order valence-corrected chi connectivity index (χ2v) is 6.89. The van der Waals surface area contributed by atoms with Crippen molar-refractivity contribution in [1.82, 2.24) is 5.32 Å². The van der Waals surface area contributed by atoms with E-state index < -0.39 is 32.8 Å². The highest BCUT2D eigenvalue weighted by Gasteiger charge is 2.64. The Hall–Kier alpha value is -0.860. The van der Waals surface area contributed by atoms with E-state index in [1.807, 2.05) is 0 Å². The van der Waals surface area contributed by atoms with Crippen molar-refractivity contribution in [2.24, 2.45) is 16.5 Å². The first-order valence-corrected chi connectivity index (χ1v) is 7.95. The van der Waals surface area contributed by atoms with Crippen LogP contribution in [-0.2, 0) is 10.0 Å². The Morgan fingerprint density at radius 1 is 1.20 bits per heavy atom. The lowest BCUT2D eigenvalue weighted by Crippen LogP contribution is -2.57. The van der Waals surface area contributed by atoms with Crippen LogP contribution < -0.4 is 10.5 Å². The topological polar surface area (TPSA) is 72.2 Å². The van der Waals surface area contributed by atoms with Gasteiger partial charge in [-0.15, -0.1) is 0 Å². The van der Waals surface area contributed by atoms with E-state index in [4.69, 9.17) is 5.14 Å². The van der Waals surface area contributed by atoms with Gasteiger partial charge in [-0.2, -0.15) is 13.2 Å². The Morgan fingerprint density at radius 3 is 2.30 bits per heavy atom. The third-order valence-corrected chi connectivity index (χ3v) is 5.35. The van der Waals surface area contributed by atoms with Gasteiger partial charge in [0.1, 0.15) is 10.7 Å². The van der Waals surface area contributed by atoms with E-state index in [9.17, 15) is 21.6 Å². The van der Waals surface area contributed by atoms with E-state index in [0.717, 1.165) is 12.2 Å². The van der Waals surface area contributed by atoms with Crippen LogP contribution in [0.4, 0.5) is 13.2 Å². The summed E-state index contributed by atoms with van der Waals surface area (Å²) in [5.41, 5.74) is -2.43. The van der Waals surface area contributed by atoms with Crippen molar-refractivity contribution in [3.8, 4) is 0 Å². The lowest BCUT2D eigenvalue weighted by molar-refractivity contribution is -0.224. The molecule has 0 spiro atoms. The normalized spacial score (nSPS) is 32.5. The quantitative estimate of drug-likeness (QED) is 0.808. The molecule has 0 bridgehead atoms. The summed E-state index contributed by atoms with van der Waals surface area (Å²) in [4.78, 5) is 0. The van der Waals surface area contributed by atoms with Crippen LogP contribution in [0.25, 0.3) is 0 Å². The van der Waals surface area contributed by atoms with Crippen molar-refractivity contribution >= 4 is 10.0 Å². The fourth-order valence-corrected chi connectivity index (χ4v) is 4.43. The number of sulfonamides is 1. The molecule has 0 amide bonds. The molecule has 8 heteroatoms. The number of hydrogen-bond acceptors (Lipinski definition) is 3. The fourth-order valence-electron chi connectivity index (χ4n) is 3.17. The minimum Gasteiger partial charge on any atom is -0.317 e. The van der Waals surface area contributed by atoms with Crippen molar-refractivity contribution in [2.45, 2.75) is 24.3 Å². The monoisotopic (exact) mass is 310 g/mol. The summed E-state index contributed by atoms with van der Waals surface area (Å²) in [6.45, 7) is 0.884. The van der Waals surface area contributed by atoms with E-state index in [2.05, 4.69) is 5.32 Å². The molecule has 1 fully saturated rings. The molecule has 2 aliphatic rings. The molecule has 3 N–H and O–H groups in total. The number of nitrogens with one attached hydrogen (secondary N) is 1. The Balaban J connectivity index is 2.55. The number of halogens is 3. The highest BCUT2D eigenvalue weighted by molar-refractivity contribution is 7.90. The van der Waals surface area contributed by atoms with Crippen LogP contribution in [0.3, 0.4) is 0 Å². The number of hydrogen-bond donors (Lipinski definition) is 2. The van der Waals surface area contributed by atoms with Crippen molar-refractivity contribution in [2.75, 3.05) is 13.1 Å². The highest BCUT2D eigenvalue weighted by Crippen LogP contribution is 2.54. The molecule has 114 valence electrons. The number of rotatable bonds is 2. The van der Waals surface area contributed by atoms with Crippen LogP contribution in [0, 0.1) is 11.3 Å². The molecular formula is C12H17F3N2O2S. The van der Waals surface area contributed by atoms with E-state index in [0.29, 0.717) is 13.1 Å². The van der Waals surface area contributed by atoms with Gasteiger partial charge in [-0.25, -0.2) is 13.6 Å². The molecule has 2 rings (SSSR count). The second kappa shape index (κ2) is 5.16. The van der Waals surface area contributed by atoms with Crippen LogP contribution in [0.5, 0.6) is 0 Å². The van der Waals surface area contributed by atoms with Crippen LogP contribution in [0.2, 0.25) is 0 Å². The van der Waals surface area contributed by atoms with E-state index in [-0.39, 0.29) is 12.8 Å². The zero-order valence-electron chi connectivity index (χ0n) is 10.7. The van der Waals surface area contributed by atoms with Gasteiger partial charge in [0.05, 0.1) is 0 Å². The predicted octanol–water partition coefficient (Wildman–Crippen LogP) is 1.32. The fraction of sp³-hybridized carbons (Fsp3) is 0.667. The summed E-state index contributed by atoms with van der Waals surface area (Å²) >= 11 is 0. The van der Waals surface area contributed by atoms with Crippen LogP contribution >= 0.6 is 0 Å². The number of nitrogens with two attached hydrogens (primary N) is 1. The molecule has 1 aliphatic carbocycles. The average molecular weight is 310 g/mol. The Kier molecular flexibility index (Phi) is 4.01. The summed E-state index contributed by atoms with van der Waals surface area (Å²) in [5, 5.41) is 6.29. The molecule has 2 atom stereocenters. The molecular weight excluding hydrogens is 293 g/mol. The maximum absolute atomic E-state index is 13.7. The number of alkyl halides is 3. The minimum atomic E-state index is -4.67. The van der Waals surface area contributed by atoms with Gasteiger partial charge in [-0.3, -0.25) is 0 Å². The van der Waals surface area contributed by atoms with Gasteiger partial charge in [-0.05, 0) is 31.8 Å². The molecule has 1 aliphatic heterocycles. The molecule has 0 aromatic carbocycles. The van der Waals surface area contributed by atoms with Gasteiger partial charge in [0.25, 0.3) is 0 Å². The van der Waals surface area contributed by atoms with Gasteiger partial charge in [0, 0.05) is 0 Å². The van der Waals surface area contributed by atoms with Gasteiger partial charge >= 0.3 is 6.18 Å². The Bertz CT molecular complexity index is 521. The van der Waals surface area contributed by atoms with Crippen molar-refractivity contribution in [3.63, 3.8) is 0 Å². The third kappa shape index (κ3) is 2.51. The summed E-state index contributed by atoms with van der Waals surface area (Å²) in [6.07, 6.45) is 0.445. The van der Waals surface area contributed by atoms with Gasteiger partial charge in [0.15, 0.2) is 0 Å². The number of piperidine rings is 1. The third-order valence-electron chi connectivity index (χ3n) is 4.10. The van der Waals surface area contributed by atoms with Crippen LogP contribution in [-0.4, -0.2) is 32.9 Å². The highest BCUT2D eigenvalue weighted by atomic mass is 32.2. The molecule has 0 saturated carbocycles. The van der Waals surface area contributed by atoms with Crippen molar-refractivity contribution in [1.29, 1.82) is 0 Å². The maximum atomic E-state index is 13.7. The predicted molar refractivity (Wildman–Crippen MR) is 69.3 cm³/mol. The van der Waals surface area contributed by atoms with E-state index >= 15 is 0 Å². The van der Waals surface area contributed by atoms with Gasteiger partial charge < -0.3 is 5.32 Å². The number of allylic oxidation sites excluding steroid dienone is 3. The van der Waals surface area contributed by atoms with Gasteiger partial charge in [-0.1, -0.05) is 24.3 Å². The molecule has 0 radical (unpaired) electrons. The van der Waals surface area contributed by atoms with E-state index in [1.54, 1.807) is 0 Å². The second-order valence-electron chi connectivity index (χ2n) is 5.21. The summed E-state index contributed by atoms with van der Waals surface area (Å²) < 4.78 is 64.5. The molecule has 2 unspecified atom stereocenters.